The van der Waals surface area contributed by atoms with Crippen molar-refractivity contribution in [3.05, 3.63) is 11.9 Å². The summed E-state index contributed by atoms with van der Waals surface area (Å²) in [6, 6.07) is 0.0365. The van der Waals surface area contributed by atoms with Gasteiger partial charge in [-0.05, 0) is 18.8 Å². The van der Waals surface area contributed by atoms with Crippen LogP contribution in [-0.2, 0) is 10.0 Å². The third-order valence-corrected chi connectivity index (χ3v) is 5.64. The lowest BCUT2D eigenvalue weighted by Gasteiger charge is -2.41. The molecule has 0 aliphatic carbocycles. The van der Waals surface area contributed by atoms with Crippen molar-refractivity contribution in [2.75, 3.05) is 13.1 Å². The third kappa shape index (κ3) is 2.94. The Morgan fingerprint density at radius 2 is 2.16 bits per heavy atom. The first-order chi connectivity index (χ1) is 8.25. The van der Waals surface area contributed by atoms with Gasteiger partial charge in [0.25, 0.3) is 0 Å². The van der Waals surface area contributed by atoms with Crippen molar-refractivity contribution < 1.29 is 8.42 Å². The molecular weight excluding hydrogens is 288 g/mol. The predicted molar refractivity (Wildman–Crippen MR) is 75.7 cm³/mol. The number of sulfonamides is 1. The van der Waals surface area contributed by atoms with Crippen molar-refractivity contribution >= 4 is 22.4 Å². The second-order valence-corrected chi connectivity index (χ2v) is 7.49. The van der Waals surface area contributed by atoms with E-state index in [1.165, 1.54) is 10.5 Å². The van der Waals surface area contributed by atoms with Crippen LogP contribution < -0.4 is 5.73 Å². The molecule has 1 unspecified atom stereocenters. The smallest absolute Gasteiger partial charge is 0.246 e. The first kappa shape index (κ1) is 16.4. The van der Waals surface area contributed by atoms with Crippen molar-refractivity contribution in [2.45, 2.75) is 38.1 Å². The molecule has 1 aromatic heterocycles. The molecule has 2 rings (SSSR count). The highest BCUT2D eigenvalue weighted by Gasteiger charge is 2.39. The number of aromatic nitrogens is 2. The van der Waals surface area contributed by atoms with Gasteiger partial charge in [0, 0.05) is 19.1 Å². The first-order valence-corrected chi connectivity index (χ1v) is 7.45. The van der Waals surface area contributed by atoms with Gasteiger partial charge in [0.05, 0.1) is 11.9 Å². The van der Waals surface area contributed by atoms with Crippen molar-refractivity contribution in [3.8, 4) is 0 Å². The van der Waals surface area contributed by atoms with Crippen LogP contribution in [0.15, 0.2) is 11.1 Å². The molecule has 0 saturated carbocycles. The average molecular weight is 309 g/mol. The Hall–Kier alpha value is -0.630. The molecule has 1 aliphatic heterocycles. The average Bonchev–Trinajstić information content (AvgIpc) is 2.69. The van der Waals surface area contributed by atoms with E-state index in [4.69, 9.17) is 5.73 Å². The number of piperidine rings is 1. The van der Waals surface area contributed by atoms with E-state index in [-0.39, 0.29) is 28.8 Å². The van der Waals surface area contributed by atoms with Crippen LogP contribution in [0, 0.1) is 12.3 Å². The molecule has 0 amide bonds. The number of hydrogen-bond acceptors (Lipinski definition) is 4. The highest BCUT2D eigenvalue weighted by Crippen LogP contribution is 2.31. The van der Waals surface area contributed by atoms with E-state index in [1.807, 2.05) is 13.8 Å². The van der Waals surface area contributed by atoms with E-state index >= 15 is 0 Å². The molecule has 0 aromatic carbocycles. The van der Waals surface area contributed by atoms with E-state index in [1.54, 1.807) is 6.92 Å². The van der Waals surface area contributed by atoms with Gasteiger partial charge in [0.1, 0.15) is 4.90 Å². The summed E-state index contributed by atoms with van der Waals surface area (Å²) >= 11 is 0. The maximum atomic E-state index is 12.5. The molecule has 1 aromatic rings. The van der Waals surface area contributed by atoms with Crippen LogP contribution in [0.3, 0.4) is 0 Å². The summed E-state index contributed by atoms with van der Waals surface area (Å²) in [4.78, 5) is 0.258. The molecule has 1 saturated heterocycles. The van der Waals surface area contributed by atoms with Crippen LogP contribution >= 0.6 is 12.4 Å². The predicted octanol–water partition coefficient (Wildman–Crippen LogP) is 0.888. The van der Waals surface area contributed by atoms with E-state index in [2.05, 4.69) is 10.2 Å². The SMILES string of the molecule is Cc1[nH]ncc1S(=O)(=O)N1CCC(N)C(C)(C)C1.Cl. The van der Waals surface area contributed by atoms with Crippen LogP contribution in [0.25, 0.3) is 0 Å². The van der Waals surface area contributed by atoms with Crippen LogP contribution in [0.5, 0.6) is 0 Å². The Morgan fingerprint density at radius 3 is 2.63 bits per heavy atom. The van der Waals surface area contributed by atoms with E-state index in [0.29, 0.717) is 25.2 Å². The third-order valence-electron chi connectivity index (χ3n) is 3.68. The summed E-state index contributed by atoms with van der Waals surface area (Å²) < 4.78 is 26.5. The number of rotatable bonds is 2. The van der Waals surface area contributed by atoms with Gasteiger partial charge in [0.15, 0.2) is 0 Å². The minimum absolute atomic E-state index is 0. The number of hydrogen-bond donors (Lipinski definition) is 2. The van der Waals surface area contributed by atoms with Crippen LogP contribution in [-0.4, -0.2) is 42.1 Å². The Labute approximate surface area is 120 Å². The molecule has 1 atom stereocenters. The van der Waals surface area contributed by atoms with Gasteiger partial charge < -0.3 is 5.73 Å². The molecule has 8 heteroatoms. The quantitative estimate of drug-likeness (QED) is 0.848. The summed E-state index contributed by atoms with van der Waals surface area (Å²) in [5, 5.41) is 6.44. The molecule has 19 heavy (non-hydrogen) atoms. The van der Waals surface area contributed by atoms with Gasteiger partial charge >= 0.3 is 0 Å². The molecule has 3 N–H and O–H groups in total. The summed E-state index contributed by atoms with van der Waals surface area (Å²) in [5.74, 6) is 0. The lowest BCUT2D eigenvalue weighted by molar-refractivity contribution is 0.155. The van der Waals surface area contributed by atoms with Gasteiger partial charge in [-0.25, -0.2) is 8.42 Å². The zero-order valence-electron chi connectivity index (χ0n) is 11.4. The van der Waals surface area contributed by atoms with E-state index < -0.39 is 10.0 Å². The summed E-state index contributed by atoms with van der Waals surface area (Å²) in [5.41, 5.74) is 6.39. The number of nitrogens with two attached hydrogens (primary N) is 1. The fourth-order valence-corrected chi connectivity index (χ4v) is 4.01. The Kier molecular flexibility index (Phi) is 4.66. The molecule has 0 spiro atoms. The van der Waals surface area contributed by atoms with Crippen LogP contribution in [0.4, 0.5) is 0 Å². The molecular formula is C11H21ClN4O2S. The zero-order chi connectivity index (χ0) is 13.6. The maximum Gasteiger partial charge on any atom is 0.246 e. The van der Waals surface area contributed by atoms with Crippen molar-refractivity contribution in [2.24, 2.45) is 11.1 Å². The largest absolute Gasteiger partial charge is 0.327 e. The molecule has 1 fully saturated rings. The maximum absolute atomic E-state index is 12.5. The van der Waals surface area contributed by atoms with Crippen molar-refractivity contribution in [3.63, 3.8) is 0 Å². The minimum atomic E-state index is -3.46. The first-order valence-electron chi connectivity index (χ1n) is 6.01. The summed E-state index contributed by atoms with van der Waals surface area (Å²) in [6.07, 6.45) is 2.05. The summed E-state index contributed by atoms with van der Waals surface area (Å²) in [7, 11) is -3.46. The molecule has 110 valence electrons. The van der Waals surface area contributed by atoms with Crippen LogP contribution in [0.1, 0.15) is 26.0 Å². The minimum Gasteiger partial charge on any atom is -0.327 e. The number of H-pyrrole nitrogens is 1. The second-order valence-electron chi connectivity index (χ2n) is 5.58. The van der Waals surface area contributed by atoms with Gasteiger partial charge in [-0.1, -0.05) is 13.8 Å². The summed E-state index contributed by atoms with van der Waals surface area (Å²) in [6.45, 7) is 6.63. The highest BCUT2D eigenvalue weighted by molar-refractivity contribution is 7.89. The number of aromatic amines is 1. The topological polar surface area (TPSA) is 92.1 Å². The highest BCUT2D eigenvalue weighted by atomic mass is 35.5. The molecule has 0 radical (unpaired) electrons. The number of halogens is 1. The number of nitrogens with one attached hydrogen (secondary N) is 1. The van der Waals surface area contributed by atoms with Gasteiger partial charge in [0.2, 0.25) is 10.0 Å². The molecule has 0 bridgehead atoms. The standard InChI is InChI=1S/C11H20N4O2S.ClH/c1-8-9(6-13-14-8)18(16,17)15-5-4-10(12)11(2,3)7-15;/h6,10H,4-5,7,12H2,1-3H3,(H,13,14);1H. The van der Waals surface area contributed by atoms with Crippen LogP contribution in [0.2, 0.25) is 0 Å². The second kappa shape index (κ2) is 5.40. The van der Waals surface area contributed by atoms with Crippen molar-refractivity contribution in [1.82, 2.24) is 14.5 Å². The van der Waals surface area contributed by atoms with Gasteiger partial charge in [-0.2, -0.15) is 9.40 Å². The number of aryl methyl sites for hydroxylation is 1. The lowest BCUT2D eigenvalue weighted by Crippen LogP contribution is -2.53. The van der Waals surface area contributed by atoms with Gasteiger partial charge in [-0.15, -0.1) is 12.4 Å². The molecule has 2 heterocycles. The van der Waals surface area contributed by atoms with E-state index in [9.17, 15) is 8.42 Å². The molecule has 1 aliphatic rings. The normalized spacial score (nSPS) is 23.9. The fourth-order valence-electron chi connectivity index (χ4n) is 2.27. The monoisotopic (exact) mass is 308 g/mol. The van der Waals surface area contributed by atoms with E-state index in [0.717, 1.165) is 0 Å². The Balaban J connectivity index is 0.00000180. The number of nitrogens with zero attached hydrogens (tertiary/aromatic N) is 2. The van der Waals surface area contributed by atoms with Crippen molar-refractivity contribution in [1.29, 1.82) is 0 Å². The lowest BCUT2D eigenvalue weighted by atomic mass is 9.81. The zero-order valence-corrected chi connectivity index (χ0v) is 13.0. The fraction of sp³-hybridized carbons (Fsp3) is 0.727. The van der Waals surface area contributed by atoms with Gasteiger partial charge in [-0.3, -0.25) is 5.10 Å². The molecule has 6 nitrogen and oxygen atoms in total. The Bertz CT molecular complexity index is 541. The Morgan fingerprint density at radius 1 is 1.53 bits per heavy atom.